The number of furan rings is 1. The minimum Gasteiger partial charge on any atom is -0.507 e. The summed E-state index contributed by atoms with van der Waals surface area (Å²) in [6.07, 6.45) is -6.24. The first kappa shape index (κ1) is 25.0. The Hall–Kier alpha value is -3.70. The van der Waals surface area contributed by atoms with Gasteiger partial charge in [0.25, 0.3) is 0 Å². The molecule has 5 rings (SSSR count). The first-order valence-corrected chi connectivity index (χ1v) is 11.6. The van der Waals surface area contributed by atoms with Gasteiger partial charge >= 0.3 is 0 Å². The molecule has 0 bridgehead atoms. The summed E-state index contributed by atoms with van der Waals surface area (Å²) in [5, 5.41) is 42.6. The van der Waals surface area contributed by atoms with E-state index in [0.717, 1.165) is 0 Å². The topological polar surface area (TPSA) is 140 Å². The summed E-state index contributed by atoms with van der Waals surface area (Å²) in [5.74, 6) is 1.43. The van der Waals surface area contributed by atoms with Gasteiger partial charge in [0.15, 0.2) is 22.8 Å². The van der Waals surface area contributed by atoms with Gasteiger partial charge in [-0.2, -0.15) is 0 Å². The maximum atomic E-state index is 11.1. The van der Waals surface area contributed by atoms with Gasteiger partial charge in [-0.15, -0.1) is 0 Å². The molecule has 3 aromatic carbocycles. The molecule has 1 aliphatic rings. The molecule has 5 atom stereocenters. The molecule has 1 aromatic heterocycles. The Morgan fingerprint density at radius 1 is 0.811 bits per heavy atom. The Labute approximate surface area is 212 Å². The molecule has 1 aliphatic heterocycles. The minimum atomic E-state index is -1.50. The van der Waals surface area contributed by atoms with Crippen molar-refractivity contribution in [2.45, 2.75) is 37.6 Å². The lowest BCUT2D eigenvalue weighted by atomic mass is 10.00. The molecule has 5 unspecified atom stereocenters. The highest BCUT2D eigenvalue weighted by Crippen LogP contribution is 2.50. The summed E-state index contributed by atoms with van der Waals surface area (Å²) in [7, 11) is 4.51. The van der Waals surface area contributed by atoms with Crippen LogP contribution in [0.15, 0.2) is 46.9 Å². The molecule has 0 spiro atoms. The van der Waals surface area contributed by atoms with Gasteiger partial charge in [-0.3, -0.25) is 0 Å². The zero-order chi connectivity index (χ0) is 26.4. The predicted octanol–water partition coefficient (Wildman–Crippen LogP) is 3.19. The number of ether oxygens (including phenoxy) is 5. The Kier molecular flexibility index (Phi) is 6.50. The largest absolute Gasteiger partial charge is 0.507 e. The minimum absolute atomic E-state index is 0.0393. The van der Waals surface area contributed by atoms with Crippen LogP contribution >= 0.6 is 0 Å². The summed E-state index contributed by atoms with van der Waals surface area (Å²) >= 11 is 0. The van der Waals surface area contributed by atoms with Crippen molar-refractivity contribution in [3.63, 3.8) is 0 Å². The van der Waals surface area contributed by atoms with E-state index in [4.69, 9.17) is 28.1 Å². The molecular formula is C27H28O10. The number of phenols is 1. The molecule has 0 amide bonds. The number of hydrogen-bond acceptors (Lipinski definition) is 10. The van der Waals surface area contributed by atoms with E-state index in [1.54, 1.807) is 56.5 Å². The Bertz CT molecular complexity index is 1430. The number of aromatic hydroxyl groups is 1. The molecule has 196 valence electrons. The molecule has 1 saturated heterocycles. The zero-order valence-electron chi connectivity index (χ0n) is 20.7. The lowest BCUT2D eigenvalue weighted by molar-refractivity contribution is -0.268. The van der Waals surface area contributed by atoms with Crippen molar-refractivity contribution in [2.75, 3.05) is 21.3 Å². The molecule has 2 heterocycles. The number of rotatable bonds is 6. The van der Waals surface area contributed by atoms with E-state index in [0.29, 0.717) is 44.6 Å². The molecule has 0 radical (unpaired) electrons. The zero-order valence-corrected chi connectivity index (χ0v) is 20.7. The lowest BCUT2D eigenvalue weighted by Gasteiger charge is -2.39. The fourth-order valence-corrected chi connectivity index (χ4v) is 4.67. The van der Waals surface area contributed by atoms with Crippen molar-refractivity contribution in [3.05, 3.63) is 42.5 Å². The van der Waals surface area contributed by atoms with Crippen LogP contribution in [0.2, 0.25) is 0 Å². The van der Waals surface area contributed by atoms with Crippen LogP contribution in [0.5, 0.6) is 28.7 Å². The summed E-state index contributed by atoms with van der Waals surface area (Å²) in [6, 6.07) is 12.0. The fourth-order valence-electron chi connectivity index (χ4n) is 4.67. The summed E-state index contributed by atoms with van der Waals surface area (Å²) in [5.41, 5.74) is 1.98. The van der Waals surface area contributed by atoms with Gasteiger partial charge in [0.05, 0.1) is 38.4 Å². The monoisotopic (exact) mass is 512 g/mol. The molecule has 0 aliphatic carbocycles. The third-order valence-corrected chi connectivity index (χ3v) is 6.62. The highest BCUT2D eigenvalue weighted by Gasteiger charge is 2.43. The third kappa shape index (κ3) is 4.08. The van der Waals surface area contributed by atoms with E-state index in [9.17, 15) is 20.4 Å². The molecule has 0 saturated carbocycles. The van der Waals surface area contributed by atoms with Crippen LogP contribution in [-0.4, -0.2) is 72.5 Å². The molecule has 4 N–H and O–H groups in total. The second-order valence-electron chi connectivity index (χ2n) is 8.78. The average Bonchev–Trinajstić information content (AvgIpc) is 3.27. The second-order valence-corrected chi connectivity index (χ2v) is 8.78. The van der Waals surface area contributed by atoms with Gasteiger partial charge in [0.2, 0.25) is 6.29 Å². The third-order valence-electron chi connectivity index (χ3n) is 6.62. The predicted molar refractivity (Wildman–Crippen MR) is 133 cm³/mol. The highest BCUT2D eigenvalue weighted by atomic mass is 16.7. The first-order chi connectivity index (χ1) is 17.8. The standard InChI is InChI=1S/C27H28O10/c1-12-21(29)22(30)23(31)27(35-12)37-18-10-9-17-20(25(18)33-3)15-11-16(28)19(26(34-4)24(15)36-17)13-5-7-14(32-2)8-6-13/h5-12,21-23,27-31H,1-4H3. The van der Waals surface area contributed by atoms with Gasteiger partial charge in [-0.1, -0.05) is 12.1 Å². The number of phenolic OH excluding ortho intramolecular Hbond substituents is 1. The average molecular weight is 513 g/mol. The smallest absolute Gasteiger partial charge is 0.229 e. The van der Waals surface area contributed by atoms with Crippen molar-refractivity contribution in [3.8, 4) is 39.9 Å². The van der Waals surface area contributed by atoms with Crippen LogP contribution in [0.25, 0.3) is 33.1 Å². The summed E-state index contributed by atoms with van der Waals surface area (Å²) in [4.78, 5) is 0. The van der Waals surface area contributed by atoms with Gasteiger partial charge < -0.3 is 48.5 Å². The van der Waals surface area contributed by atoms with E-state index >= 15 is 0 Å². The molecule has 10 nitrogen and oxygen atoms in total. The van der Waals surface area contributed by atoms with Crippen LogP contribution in [0.3, 0.4) is 0 Å². The molecule has 10 heteroatoms. The number of aliphatic hydroxyl groups excluding tert-OH is 3. The van der Waals surface area contributed by atoms with Crippen LogP contribution in [0.4, 0.5) is 0 Å². The van der Waals surface area contributed by atoms with Crippen LogP contribution in [0.1, 0.15) is 6.92 Å². The summed E-state index contributed by atoms with van der Waals surface area (Å²) < 4.78 is 34.2. The van der Waals surface area contributed by atoms with Gasteiger partial charge in [-0.25, -0.2) is 0 Å². The van der Waals surface area contributed by atoms with Crippen LogP contribution in [-0.2, 0) is 4.74 Å². The number of fused-ring (bicyclic) bond motifs is 3. The number of benzene rings is 3. The summed E-state index contributed by atoms with van der Waals surface area (Å²) in [6.45, 7) is 1.57. The molecule has 37 heavy (non-hydrogen) atoms. The molecule has 1 fully saturated rings. The quantitative estimate of drug-likeness (QED) is 0.304. The Balaban J connectivity index is 1.64. The highest BCUT2D eigenvalue weighted by molar-refractivity contribution is 6.13. The van der Waals surface area contributed by atoms with E-state index in [2.05, 4.69) is 0 Å². The van der Waals surface area contributed by atoms with Gasteiger partial charge in [0.1, 0.15) is 35.4 Å². The van der Waals surface area contributed by atoms with E-state index in [1.165, 1.54) is 14.2 Å². The number of hydrogen-bond donors (Lipinski definition) is 4. The van der Waals surface area contributed by atoms with Crippen molar-refractivity contribution >= 4 is 21.9 Å². The van der Waals surface area contributed by atoms with Crippen molar-refractivity contribution in [1.29, 1.82) is 0 Å². The Morgan fingerprint density at radius 3 is 2.16 bits per heavy atom. The molecule has 4 aromatic rings. The Morgan fingerprint density at radius 2 is 1.51 bits per heavy atom. The van der Waals surface area contributed by atoms with Crippen molar-refractivity contribution in [1.82, 2.24) is 0 Å². The van der Waals surface area contributed by atoms with Gasteiger partial charge in [0, 0.05) is 5.39 Å². The second kappa shape index (κ2) is 9.64. The maximum Gasteiger partial charge on any atom is 0.229 e. The van der Waals surface area contributed by atoms with E-state index < -0.39 is 30.7 Å². The fraction of sp³-hybridized carbons (Fsp3) is 0.333. The normalized spacial score (nSPS) is 23.8. The van der Waals surface area contributed by atoms with E-state index in [1.807, 2.05) is 0 Å². The van der Waals surface area contributed by atoms with Gasteiger partial charge in [-0.05, 0) is 42.8 Å². The lowest BCUT2D eigenvalue weighted by Crippen LogP contribution is -2.58. The maximum absolute atomic E-state index is 11.1. The first-order valence-electron chi connectivity index (χ1n) is 11.6. The number of methoxy groups -OCH3 is 3. The van der Waals surface area contributed by atoms with Crippen molar-refractivity contribution < 1.29 is 48.5 Å². The van der Waals surface area contributed by atoms with Crippen LogP contribution < -0.4 is 18.9 Å². The number of aliphatic hydroxyl groups is 3. The SMILES string of the molecule is COc1ccc(-c2c(O)cc3c(oc4ccc(OC5OC(C)C(O)C(O)C5O)c(OC)c43)c2OC)cc1. The van der Waals surface area contributed by atoms with E-state index in [-0.39, 0.29) is 17.2 Å². The molecular weight excluding hydrogens is 484 g/mol. The van der Waals surface area contributed by atoms with Crippen LogP contribution in [0, 0.1) is 0 Å². The van der Waals surface area contributed by atoms with Crippen molar-refractivity contribution in [2.24, 2.45) is 0 Å².